The van der Waals surface area contributed by atoms with E-state index in [4.69, 9.17) is 27.9 Å². The molecule has 0 aromatic heterocycles. The molecular formula is C24H21Cl2N3O3. The summed E-state index contributed by atoms with van der Waals surface area (Å²) in [7, 11) is 0. The third kappa shape index (κ3) is 5.33. The van der Waals surface area contributed by atoms with Crippen LogP contribution in [0.15, 0.2) is 72.8 Å². The van der Waals surface area contributed by atoms with Crippen LogP contribution in [-0.4, -0.2) is 18.4 Å². The summed E-state index contributed by atoms with van der Waals surface area (Å²) in [4.78, 5) is 26.5. The Hall–Kier alpha value is -3.22. The monoisotopic (exact) mass is 469 g/mol. The molecule has 3 aromatic rings. The van der Waals surface area contributed by atoms with Crippen LogP contribution in [0, 0.1) is 5.92 Å². The maximum Gasteiger partial charge on any atom is 0.243 e. The Morgan fingerprint density at radius 1 is 1.03 bits per heavy atom. The molecule has 2 N–H and O–H groups in total. The van der Waals surface area contributed by atoms with Crippen molar-refractivity contribution in [2.75, 3.05) is 16.9 Å². The highest BCUT2D eigenvalue weighted by molar-refractivity contribution is 6.35. The van der Waals surface area contributed by atoms with Gasteiger partial charge in [-0.25, -0.2) is 0 Å². The van der Waals surface area contributed by atoms with Gasteiger partial charge in [-0.3, -0.25) is 20.4 Å². The predicted octanol–water partition coefficient (Wildman–Crippen LogP) is 5.07. The van der Waals surface area contributed by atoms with E-state index in [1.54, 1.807) is 41.3 Å². The van der Waals surface area contributed by atoms with E-state index < -0.39 is 5.92 Å². The van der Waals surface area contributed by atoms with E-state index in [1.807, 2.05) is 36.4 Å². The topological polar surface area (TPSA) is 70.7 Å². The van der Waals surface area contributed by atoms with Gasteiger partial charge in [0.2, 0.25) is 11.8 Å². The van der Waals surface area contributed by atoms with Crippen molar-refractivity contribution >= 4 is 46.4 Å². The first-order chi connectivity index (χ1) is 15.5. The number of ether oxygens (including phenoxy) is 1. The average Bonchev–Trinajstić information content (AvgIpc) is 3.20. The molecule has 1 atom stereocenters. The molecule has 0 radical (unpaired) electrons. The van der Waals surface area contributed by atoms with Crippen LogP contribution < -0.4 is 20.5 Å². The van der Waals surface area contributed by atoms with E-state index in [0.29, 0.717) is 34.6 Å². The molecule has 4 rings (SSSR count). The number of halogens is 2. The smallest absolute Gasteiger partial charge is 0.243 e. The number of para-hydroxylation sites is 1. The van der Waals surface area contributed by atoms with E-state index in [1.165, 1.54) is 0 Å². The highest BCUT2D eigenvalue weighted by atomic mass is 35.5. The average molecular weight is 470 g/mol. The SMILES string of the molecule is O=C(NNc1ccc(OCc2ccc(Cl)cc2Cl)cc1)[C@H]1CC(=O)N(c2ccccc2)C1. The molecule has 1 aliphatic heterocycles. The quantitative estimate of drug-likeness (QED) is 0.474. The lowest BCUT2D eigenvalue weighted by molar-refractivity contribution is -0.125. The van der Waals surface area contributed by atoms with Crippen LogP contribution >= 0.6 is 23.2 Å². The Labute approximate surface area is 196 Å². The summed E-state index contributed by atoms with van der Waals surface area (Å²) < 4.78 is 5.75. The van der Waals surface area contributed by atoms with Crippen molar-refractivity contribution in [1.29, 1.82) is 0 Å². The lowest BCUT2D eigenvalue weighted by Crippen LogP contribution is -2.36. The summed E-state index contributed by atoms with van der Waals surface area (Å²) in [5, 5.41) is 1.13. The summed E-state index contributed by atoms with van der Waals surface area (Å²) >= 11 is 12.1. The van der Waals surface area contributed by atoms with Crippen molar-refractivity contribution in [3.63, 3.8) is 0 Å². The molecule has 1 aliphatic rings. The lowest BCUT2D eigenvalue weighted by Gasteiger charge is -2.17. The molecule has 1 saturated heterocycles. The molecule has 0 bridgehead atoms. The Morgan fingerprint density at radius 3 is 2.50 bits per heavy atom. The second-order valence-electron chi connectivity index (χ2n) is 7.40. The minimum Gasteiger partial charge on any atom is -0.489 e. The van der Waals surface area contributed by atoms with Crippen LogP contribution in [0.25, 0.3) is 0 Å². The van der Waals surface area contributed by atoms with E-state index in [-0.39, 0.29) is 18.2 Å². The van der Waals surface area contributed by atoms with Crippen LogP contribution in [0.3, 0.4) is 0 Å². The van der Waals surface area contributed by atoms with E-state index in [9.17, 15) is 9.59 Å². The predicted molar refractivity (Wildman–Crippen MR) is 126 cm³/mol. The van der Waals surface area contributed by atoms with Gasteiger partial charge in [-0.05, 0) is 48.5 Å². The summed E-state index contributed by atoms with van der Waals surface area (Å²) in [6, 6.07) is 21.8. The molecule has 0 aliphatic carbocycles. The van der Waals surface area contributed by atoms with Gasteiger partial charge in [-0.2, -0.15) is 0 Å². The molecule has 8 heteroatoms. The maximum absolute atomic E-state index is 12.5. The van der Waals surface area contributed by atoms with Crippen LogP contribution in [0.2, 0.25) is 10.0 Å². The highest BCUT2D eigenvalue weighted by Gasteiger charge is 2.35. The number of anilines is 2. The van der Waals surface area contributed by atoms with Gasteiger partial charge in [0.1, 0.15) is 12.4 Å². The number of hydrogen-bond acceptors (Lipinski definition) is 4. The fourth-order valence-electron chi connectivity index (χ4n) is 3.41. The molecule has 0 saturated carbocycles. The Morgan fingerprint density at radius 2 is 1.78 bits per heavy atom. The zero-order valence-corrected chi connectivity index (χ0v) is 18.6. The van der Waals surface area contributed by atoms with E-state index in [0.717, 1.165) is 11.3 Å². The van der Waals surface area contributed by atoms with Crippen molar-refractivity contribution in [3.05, 3.63) is 88.4 Å². The van der Waals surface area contributed by atoms with Crippen LogP contribution in [0.5, 0.6) is 5.75 Å². The van der Waals surface area contributed by atoms with Gasteiger partial charge < -0.3 is 9.64 Å². The third-order valence-corrected chi connectivity index (χ3v) is 5.74. The van der Waals surface area contributed by atoms with Gasteiger partial charge in [0.15, 0.2) is 0 Å². The standard InChI is InChI=1S/C24H21Cl2N3O3/c25-18-7-6-16(22(26)13-18)15-32-21-10-8-19(9-11-21)27-28-24(31)17-12-23(30)29(14-17)20-4-2-1-3-5-20/h1-11,13,17,27H,12,14-15H2,(H,28,31)/t17-/m0/s1. The van der Waals surface area contributed by atoms with Crippen molar-refractivity contribution in [3.8, 4) is 5.75 Å². The fraction of sp³-hybridized carbons (Fsp3) is 0.167. The van der Waals surface area contributed by atoms with Gasteiger partial charge in [-0.15, -0.1) is 0 Å². The fourth-order valence-corrected chi connectivity index (χ4v) is 3.87. The molecule has 6 nitrogen and oxygen atoms in total. The molecule has 32 heavy (non-hydrogen) atoms. The lowest BCUT2D eigenvalue weighted by atomic mass is 10.1. The minimum atomic E-state index is -0.415. The second-order valence-corrected chi connectivity index (χ2v) is 8.25. The molecule has 0 spiro atoms. The van der Waals surface area contributed by atoms with Crippen molar-refractivity contribution < 1.29 is 14.3 Å². The first-order valence-electron chi connectivity index (χ1n) is 10.1. The number of nitrogens with zero attached hydrogens (tertiary/aromatic N) is 1. The summed E-state index contributed by atoms with van der Waals surface area (Å²) in [5.74, 6) is -0.0390. The Kier molecular flexibility index (Phi) is 6.83. The number of benzene rings is 3. The molecule has 1 fully saturated rings. The molecule has 3 aromatic carbocycles. The van der Waals surface area contributed by atoms with Crippen LogP contribution in [0.1, 0.15) is 12.0 Å². The zero-order valence-electron chi connectivity index (χ0n) is 17.1. The molecule has 164 valence electrons. The molecule has 1 heterocycles. The number of carbonyl (C=O) groups excluding carboxylic acids is 2. The van der Waals surface area contributed by atoms with Gasteiger partial charge in [-0.1, -0.05) is 47.5 Å². The van der Waals surface area contributed by atoms with Crippen molar-refractivity contribution in [2.24, 2.45) is 5.92 Å². The number of hydrogen-bond donors (Lipinski definition) is 2. The van der Waals surface area contributed by atoms with Gasteiger partial charge in [0.05, 0.1) is 11.6 Å². The number of nitrogens with one attached hydrogen (secondary N) is 2. The number of hydrazine groups is 1. The van der Waals surface area contributed by atoms with Crippen molar-refractivity contribution in [1.82, 2.24) is 5.43 Å². The normalized spacial score (nSPS) is 15.5. The Balaban J connectivity index is 1.27. The van der Waals surface area contributed by atoms with Crippen LogP contribution in [-0.2, 0) is 16.2 Å². The maximum atomic E-state index is 12.5. The van der Waals surface area contributed by atoms with Gasteiger partial charge >= 0.3 is 0 Å². The first-order valence-corrected chi connectivity index (χ1v) is 10.8. The molecule has 2 amide bonds. The van der Waals surface area contributed by atoms with Crippen LogP contribution in [0.4, 0.5) is 11.4 Å². The highest BCUT2D eigenvalue weighted by Crippen LogP contribution is 2.25. The molecular weight excluding hydrogens is 449 g/mol. The molecule has 0 unspecified atom stereocenters. The summed E-state index contributed by atoms with van der Waals surface area (Å²) in [6.45, 7) is 0.670. The number of carbonyl (C=O) groups is 2. The largest absolute Gasteiger partial charge is 0.489 e. The number of amides is 2. The third-order valence-electron chi connectivity index (χ3n) is 5.16. The minimum absolute atomic E-state index is 0.0568. The van der Waals surface area contributed by atoms with Gasteiger partial charge in [0.25, 0.3) is 0 Å². The second kappa shape index (κ2) is 9.94. The first kappa shape index (κ1) is 22.0. The summed E-state index contributed by atoms with van der Waals surface area (Å²) in [6.07, 6.45) is 0.183. The summed E-state index contributed by atoms with van der Waals surface area (Å²) in [5.41, 5.74) is 7.90. The number of rotatable bonds is 7. The van der Waals surface area contributed by atoms with E-state index in [2.05, 4.69) is 10.9 Å². The van der Waals surface area contributed by atoms with Gasteiger partial charge in [0, 0.05) is 34.3 Å². The van der Waals surface area contributed by atoms with Crippen molar-refractivity contribution in [2.45, 2.75) is 13.0 Å². The zero-order chi connectivity index (χ0) is 22.5. The Bertz CT molecular complexity index is 1110. The van der Waals surface area contributed by atoms with E-state index >= 15 is 0 Å².